The Labute approximate surface area is 94.2 Å². The Kier molecular flexibility index (Phi) is 4.34. The zero-order valence-electron chi connectivity index (χ0n) is 8.80. The molecule has 0 aromatic heterocycles. The van der Waals surface area contributed by atoms with Gasteiger partial charge in [-0.15, -0.1) is 11.6 Å². The average molecular weight is 239 g/mol. The standard InChI is InChI=1S/C9H17ClNO4/c1-11(2)4-9(14)5-15-7(8(9)13)6(12)3-10/h5-8,12-14H,3-4H2,1-2H3/t6?,7-,8-,9+/m1/s1. The molecule has 0 bridgehead atoms. The van der Waals surface area contributed by atoms with Crippen molar-refractivity contribution >= 4 is 11.6 Å². The summed E-state index contributed by atoms with van der Waals surface area (Å²) in [4.78, 5) is 1.72. The lowest BCUT2D eigenvalue weighted by molar-refractivity contribution is -0.0743. The predicted molar refractivity (Wildman–Crippen MR) is 55.4 cm³/mol. The van der Waals surface area contributed by atoms with Gasteiger partial charge in [-0.2, -0.15) is 0 Å². The third kappa shape index (κ3) is 2.81. The minimum absolute atomic E-state index is 0.0480. The highest BCUT2D eigenvalue weighted by molar-refractivity contribution is 6.18. The van der Waals surface area contributed by atoms with Crippen LogP contribution in [-0.2, 0) is 4.74 Å². The molecule has 1 rings (SSSR count). The van der Waals surface area contributed by atoms with Gasteiger partial charge in [0, 0.05) is 6.54 Å². The number of ether oxygens (including phenoxy) is 1. The zero-order chi connectivity index (χ0) is 11.6. The van der Waals surface area contributed by atoms with Crippen molar-refractivity contribution in [3.05, 3.63) is 6.61 Å². The van der Waals surface area contributed by atoms with Gasteiger partial charge >= 0.3 is 0 Å². The molecule has 1 aliphatic heterocycles. The molecule has 0 saturated carbocycles. The van der Waals surface area contributed by atoms with Gasteiger partial charge in [0.1, 0.15) is 24.4 Å². The Morgan fingerprint density at radius 1 is 1.60 bits per heavy atom. The van der Waals surface area contributed by atoms with E-state index in [4.69, 9.17) is 16.3 Å². The highest BCUT2D eigenvalue weighted by Crippen LogP contribution is 2.30. The van der Waals surface area contributed by atoms with Gasteiger partial charge in [-0.3, -0.25) is 0 Å². The van der Waals surface area contributed by atoms with E-state index >= 15 is 0 Å². The molecule has 1 radical (unpaired) electrons. The van der Waals surface area contributed by atoms with Gasteiger partial charge in [0.2, 0.25) is 0 Å². The first-order valence-electron chi connectivity index (χ1n) is 4.70. The maximum absolute atomic E-state index is 10.0. The second kappa shape index (κ2) is 4.95. The molecule has 1 heterocycles. The van der Waals surface area contributed by atoms with Gasteiger partial charge in [0.15, 0.2) is 0 Å². The van der Waals surface area contributed by atoms with Crippen LogP contribution in [0.3, 0.4) is 0 Å². The number of hydrogen-bond acceptors (Lipinski definition) is 5. The second-order valence-corrected chi connectivity index (χ2v) is 4.42. The van der Waals surface area contributed by atoms with E-state index in [0.717, 1.165) is 6.61 Å². The molecule has 1 aliphatic rings. The topological polar surface area (TPSA) is 73.2 Å². The van der Waals surface area contributed by atoms with Crippen molar-refractivity contribution in [3.63, 3.8) is 0 Å². The van der Waals surface area contributed by atoms with Gasteiger partial charge in [-0.25, -0.2) is 0 Å². The van der Waals surface area contributed by atoms with Crippen molar-refractivity contribution in [3.8, 4) is 0 Å². The molecule has 5 nitrogen and oxygen atoms in total. The quantitative estimate of drug-likeness (QED) is 0.537. The second-order valence-electron chi connectivity index (χ2n) is 4.11. The molecule has 0 aliphatic carbocycles. The summed E-state index contributed by atoms with van der Waals surface area (Å²) in [6.07, 6.45) is -3.03. The summed E-state index contributed by atoms with van der Waals surface area (Å²) in [5, 5.41) is 29.3. The smallest absolute Gasteiger partial charge is 0.134 e. The summed E-state index contributed by atoms with van der Waals surface area (Å²) in [6.45, 7) is 1.39. The first-order valence-corrected chi connectivity index (χ1v) is 5.23. The minimum Gasteiger partial charge on any atom is -0.389 e. The van der Waals surface area contributed by atoms with Gasteiger partial charge in [0.05, 0.1) is 12.0 Å². The first kappa shape index (κ1) is 13.2. The normalized spacial score (nSPS) is 38.6. The monoisotopic (exact) mass is 238 g/mol. The Morgan fingerprint density at radius 3 is 2.67 bits per heavy atom. The van der Waals surface area contributed by atoms with Crippen LogP contribution in [0.2, 0.25) is 0 Å². The fourth-order valence-corrected chi connectivity index (χ4v) is 1.83. The summed E-state index contributed by atoms with van der Waals surface area (Å²) >= 11 is 5.45. The molecule has 6 heteroatoms. The highest BCUT2D eigenvalue weighted by Gasteiger charge is 2.50. The molecule has 0 aromatic rings. The number of halogens is 1. The summed E-state index contributed by atoms with van der Waals surface area (Å²) in [5.41, 5.74) is -1.46. The van der Waals surface area contributed by atoms with Crippen molar-refractivity contribution < 1.29 is 20.1 Å². The van der Waals surface area contributed by atoms with Crippen molar-refractivity contribution in [1.82, 2.24) is 4.90 Å². The fourth-order valence-electron chi connectivity index (χ4n) is 1.65. The van der Waals surface area contributed by atoms with Crippen LogP contribution in [-0.4, -0.2) is 70.7 Å². The lowest BCUT2D eigenvalue weighted by Gasteiger charge is -2.29. The van der Waals surface area contributed by atoms with Gasteiger partial charge in [-0.1, -0.05) is 0 Å². The number of aliphatic hydroxyl groups is 3. The largest absolute Gasteiger partial charge is 0.389 e. The molecule has 1 saturated heterocycles. The van der Waals surface area contributed by atoms with E-state index in [2.05, 4.69) is 0 Å². The van der Waals surface area contributed by atoms with Crippen molar-refractivity contribution in [1.29, 1.82) is 0 Å². The van der Waals surface area contributed by atoms with Crippen LogP contribution in [0, 0.1) is 6.61 Å². The Bertz CT molecular complexity index is 216. The Balaban J connectivity index is 2.65. The van der Waals surface area contributed by atoms with E-state index < -0.39 is 23.9 Å². The fraction of sp³-hybridized carbons (Fsp3) is 0.889. The number of alkyl halides is 1. The minimum atomic E-state index is -1.46. The molecule has 3 N–H and O–H groups in total. The van der Waals surface area contributed by atoms with Crippen LogP contribution in [0.15, 0.2) is 0 Å². The average Bonchev–Trinajstić information content (AvgIpc) is 2.42. The van der Waals surface area contributed by atoms with E-state index in [1.807, 2.05) is 0 Å². The van der Waals surface area contributed by atoms with E-state index in [9.17, 15) is 15.3 Å². The Morgan fingerprint density at radius 2 is 2.20 bits per heavy atom. The van der Waals surface area contributed by atoms with Crippen molar-refractivity contribution in [2.45, 2.75) is 23.9 Å². The van der Waals surface area contributed by atoms with Crippen LogP contribution < -0.4 is 0 Å². The van der Waals surface area contributed by atoms with Gasteiger partial charge in [-0.05, 0) is 14.1 Å². The van der Waals surface area contributed by atoms with Crippen molar-refractivity contribution in [2.75, 3.05) is 26.5 Å². The summed E-state index contributed by atoms with van der Waals surface area (Å²) in [6, 6.07) is 0. The number of likely N-dealkylation sites (N-methyl/N-ethyl adjacent to an activating group) is 1. The third-order valence-corrected chi connectivity index (χ3v) is 2.68. The van der Waals surface area contributed by atoms with Crippen LogP contribution in [0.25, 0.3) is 0 Å². The SMILES string of the molecule is CN(C)C[C@]1(O)[CH]O[C@H](C(O)CCl)[C@H]1O. The van der Waals surface area contributed by atoms with Crippen LogP contribution >= 0.6 is 11.6 Å². The van der Waals surface area contributed by atoms with Gasteiger partial charge in [0.25, 0.3) is 0 Å². The zero-order valence-corrected chi connectivity index (χ0v) is 9.55. The molecular formula is C9H17ClNO4. The van der Waals surface area contributed by atoms with Crippen LogP contribution in [0.5, 0.6) is 0 Å². The number of rotatable bonds is 4. The Hall–Kier alpha value is 0.0900. The lowest BCUT2D eigenvalue weighted by Crippen LogP contribution is -2.51. The highest BCUT2D eigenvalue weighted by atomic mass is 35.5. The number of aliphatic hydroxyl groups excluding tert-OH is 2. The summed E-state index contributed by atoms with van der Waals surface area (Å²) in [7, 11) is 3.54. The number of nitrogens with zero attached hydrogens (tertiary/aromatic N) is 1. The third-order valence-electron chi connectivity index (χ3n) is 2.36. The maximum Gasteiger partial charge on any atom is 0.134 e. The first-order chi connectivity index (χ1) is 6.90. The molecule has 0 amide bonds. The molecule has 1 unspecified atom stereocenters. The van der Waals surface area contributed by atoms with Gasteiger partial charge < -0.3 is 25.0 Å². The molecular weight excluding hydrogens is 222 g/mol. The molecule has 1 fully saturated rings. The molecule has 0 spiro atoms. The number of hydrogen-bond donors (Lipinski definition) is 3. The lowest BCUT2D eigenvalue weighted by atomic mass is 9.94. The van der Waals surface area contributed by atoms with Crippen LogP contribution in [0.4, 0.5) is 0 Å². The predicted octanol–water partition coefficient (Wildman–Crippen LogP) is -1.20. The molecule has 15 heavy (non-hydrogen) atoms. The van der Waals surface area contributed by atoms with E-state index in [1.54, 1.807) is 19.0 Å². The van der Waals surface area contributed by atoms with Crippen molar-refractivity contribution in [2.24, 2.45) is 0 Å². The van der Waals surface area contributed by atoms with E-state index in [0.29, 0.717) is 0 Å². The molecule has 89 valence electrons. The molecule has 0 aromatic carbocycles. The summed E-state index contributed by atoms with van der Waals surface area (Å²) < 4.78 is 5.05. The van der Waals surface area contributed by atoms with E-state index in [-0.39, 0.29) is 12.4 Å². The van der Waals surface area contributed by atoms with Crippen LogP contribution in [0.1, 0.15) is 0 Å². The van der Waals surface area contributed by atoms with E-state index in [1.165, 1.54) is 0 Å². The molecule has 4 atom stereocenters. The maximum atomic E-state index is 10.0. The summed E-state index contributed by atoms with van der Waals surface area (Å²) in [5.74, 6) is -0.0480.